The lowest BCUT2D eigenvalue weighted by Gasteiger charge is -2.25. The molecule has 2 aliphatic rings. The Labute approximate surface area is 145 Å². The lowest BCUT2D eigenvalue weighted by atomic mass is 9.89. The minimum atomic E-state index is -0.182. The first-order chi connectivity index (χ1) is 12.2. The Morgan fingerprint density at radius 3 is 2.44 bits per heavy atom. The van der Waals surface area contributed by atoms with Crippen LogP contribution in [0.3, 0.4) is 0 Å². The molecule has 1 N–H and O–H groups in total. The number of azo groups is 1. The van der Waals surface area contributed by atoms with E-state index in [-0.39, 0.29) is 24.8 Å². The number of nitrogens with zero attached hydrogens (tertiary/aromatic N) is 2. The van der Waals surface area contributed by atoms with Crippen molar-refractivity contribution in [2.45, 2.75) is 32.4 Å². The Morgan fingerprint density at radius 1 is 1.12 bits per heavy atom. The summed E-state index contributed by atoms with van der Waals surface area (Å²) in [4.78, 5) is 11.2. The van der Waals surface area contributed by atoms with Crippen LogP contribution in [0.5, 0.6) is 11.5 Å². The fourth-order valence-electron chi connectivity index (χ4n) is 3.27. The van der Waals surface area contributed by atoms with Crippen molar-refractivity contribution in [3.63, 3.8) is 0 Å². The molecule has 0 saturated carbocycles. The molecule has 25 heavy (non-hydrogen) atoms. The summed E-state index contributed by atoms with van der Waals surface area (Å²) in [6.45, 7) is 3.84. The molecular formula is C19H19N3O3. The molecule has 2 atom stereocenters. The summed E-state index contributed by atoms with van der Waals surface area (Å²) in [5, 5.41) is 11.8. The van der Waals surface area contributed by atoms with E-state index < -0.39 is 0 Å². The number of anilines is 1. The molecule has 2 unspecified atom stereocenters. The summed E-state index contributed by atoms with van der Waals surface area (Å²) in [6, 6.07) is 11.6. The maximum atomic E-state index is 11.2. The van der Waals surface area contributed by atoms with E-state index in [1.807, 2.05) is 36.4 Å². The number of ether oxygens (including phenoxy) is 2. The molecule has 0 bridgehead atoms. The fourth-order valence-corrected chi connectivity index (χ4v) is 3.27. The first-order valence-electron chi connectivity index (χ1n) is 8.36. The van der Waals surface area contributed by atoms with E-state index >= 15 is 0 Å². The smallest absolute Gasteiger partial charge is 0.231 e. The zero-order valence-corrected chi connectivity index (χ0v) is 14.2. The van der Waals surface area contributed by atoms with Crippen LogP contribution < -0.4 is 14.8 Å². The van der Waals surface area contributed by atoms with E-state index in [0.29, 0.717) is 0 Å². The maximum absolute atomic E-state index is 11.2. The molecule has 0 fully saturated rings. The summed E-state index contributed by atoms with van der Waals surface area (Å²) in [5.41, 5.74) is 4.02. The van der Waals surface area contributed by atoms with Crippen LogP contribution in [0.15, 0.2) is 46.6 Å². The Hall–Kier alpha value is -2.89. The highest BCUT2D eigenvalue weighted by atomic mass is 16.7. The molecule has 2 aromatic carbocycles. The van der Waals surface area contributed by atoms with E-state index in [1.165, 1.54) is 6.92 Å². The van der Waals surface area contributed by atoms with Crippen LogP contribution in [-0.2, 0) is 4.79 Å². The standard InChI is InChI=1S/C19H19N3O3/c1-3-16-14-8-17-18(25-10-24-17)9-15(14)19(22-21-16)12-4-6-13(7-5-12)20-11(2)23/h4-9,16,19H,3,10H2,1-2H3,(H,20,23). The molecule has 0 aliphatic carbocycles. The Morgan fingerprint density at radius 2 is 1.80 bits per heavy atom. The first-order valence-corrected chi connectivity index (χ1v) is 8.36. The maximum Gasteiger partial charge on any atom is 0.231 e. The lowest BCUT2D eigenvalue weighted by Crippen LogP contribution is -2.10. The van der Waals surface area contributed by atoms with Crippen molar-refractivity contribution < 1.29 is 14.3 Å². The molecule has 128 valence electrons. The minimum absolute atomic E-state index is 0.0411. The van der Waals surface area contributed by atoms with Gasteiger partial charge in [-0.2, -0.15) is 10.2 Å². The van der Waals surface area contributed by atoms with Gasteiger partial charge in [0.25, 0.3) is 0 Å². The molecule has 0 radical (unpaired) electrons. The van der Waals surface area contributed by atoms with Gasteiger partial charge in [-0.15, -0.1) is 0 Å². The second kappa shape index (κ2) is 6.20. The summed E-state index contributed by atoms with van der Waals surface area (Å²) < 4.78 is 11.1. The average Bonchev–Trinajstić information content (AvgIpc) is 3.06. The summed E-state index contributed by atoms with van der Waals surface area (Å²) >= 11 is 0. The molecule has 2 heterocycles. The third-order valence-electron chi connectivity index (χ3n) is 4.49. The van der Waals surface area contributed by atoms with Crippen molar-refractivity contribution >= 4 is 11.6 Å². The number of rotatable bonds is 3. The zero-order valence-electron chi connectivity index (χ0n) is 14.2. The second-order valence-corrected chi connectivity index (χ2v) is 6.20. The largest absolute Gasteiger partial charge is 0.454 e. The highest BCUT2D eigenvalue weighted by Gasteiger charge is 2.29. The number of nitrogens with one attached hydrogen (secondary N) is 1. The van der Waals surface area contributed by atoms with Gasteiger partial charge in [-0.3, -0.25) is 4.79 Å². The highest BCUT2D eigenvalue weighted by molar-refractivity contribution is 5.88. The van der Waals surface area contributed by atoms with E-state index in [9.17, 15) is 4.79 Å². The average molecular weight is 337 g/mol. The van der Waals surface area contributed by atoms with Crippen LogP contribution in [0, 0.1) is 0 Å². The van der Waals surface area contributed by atoms with E-state index in [2.05, 4.69) is 22.5 Å². The van der Waals surface area contributed by atoms with E-state index in [4.69, 9.17) is 9.47 Å². The van der Waals surface area contributed by atoms with Gasteiger partial charge >= 0.3 is 0 Å². The predicted octanol–water partition coefficient (Wildman–Crippen LogP) is 4.38. The summed E-state index contributed by atoms with van der Waals surface area (Å²) in [6.07, 6.45) is 0.879. The van der Waals surface area contributed by atoms with Gasteiger partial charge in [0.1, 0.15) is 6.04 Å². The van der Waals surface area contributed by atoms with Crippen molar-refractivity contribution in [3.05, 3.63) is 53.1 Å². The van der Waals surface area contributed by atoms with Crippen molar-refractivity contribution in [1.29, 1.82) is 0 Å². The SMILES string of the molecule is CCC1N=NC(c2ccc(NC(C)=O)cc2)c2cc3c(cc21)OCO3. The second-order valence-electron chi connectivity index (χ2n) is 6.20. The molecule has 0 spiro atoms. The fraction of sp³-hybridized carbons (Fsp3) is 0.316. The Kier molecular flexibility index (Phi) is 3.87. The molecule has 2 aliphatic heterocycles. The lowest BCUT2D eigenvalue weighted by molar-refractivity contribution is -0.114. The molecule has 4 rings (SSSR count). The Bertz CT molecular complexity index is 846. The number of fused-ring (bicyclic) bond motifs is 2. The number of hydrogen-bond acceptors (Lipinski definition) is 5. The van der Waals surface area contributed by atoms with Crippen molar-refractivity contribution in [1.82, 2.24) is 0 Å². The van der Waals surface area contributed by atoms with Crippen molar-refractivity contribution in [2.24, 2.45) is 10.2 Å². The van der Waals surface area contributed by atoms with E-state index in [1.54, 1.807) is 0 Å². The van der Waals surface area contributed by atoms with Crippen LogP contribution in [0.4, 0.5) is 5.69 Å². The third-order valence-corrected chi connectivity index (χ3v) is 4.49. The molecule has 2 aromatic rings. The van der Waals surface area contributed by atoms with Gasteiger partial charge < -0.3 is 14.8 Å². The van der Waals surface area contributed by atoms with Crippen LogP contribution in [-0.4, -0.2) is 12.7 Å². The minimum Gasteiger partial charge on any atom is -0.454 e. The highest BCUT2D eigenvalue weighted by Crippen LogP contribution is 2.45. The monoisotopic (exact) mass is 337 g/mol. The van der Waals surface area contributed by atoms with Gasteiger partial charge in [0.2, 0.25) is 12.7 Å². The van der Waals surface area contributed by atoms with Crippen molar-refractivity contribution in [2.75, 3.05) is 12.1 Å². The Balaban J connectivity index is 1.73. The van der Waals surface area contributed by atoms with Gasteiger partial charge in [-0.05, 0) is 47.4 Å². The van der Waals surface area contributed by atoms with Crippen LogP contribution >= 0.6 is 0 Å². The van der Waals surface area contributed by atoms with Crippen LogP contribution in [0.1, 0.15) is 49.0 Å². The number of hydrogen-bond donors (Lipinski definition) is 1. The molecule has 6 nitrogen and oxygen atoms in total. The van der Waals surface area contributed by atoms with Gasteiger partial charge in [0, 0.05) is 12.6 Å². The van der Waals surface area contributed by atoms with E-state index in [0.717, 1.165) is 40.3 Å². The predicted molar refractivity (Wildman–Crippen MR) is 93.0 cm³/mol. The summed E-state index contributed by atoms with van der Waals surface area (Å²) in [5.74, 6) is 1.44. The summed E-state index contributed by atoms with van der Waals surface area (Å²) in [7, 11) is 0. The molecular weight excluding hydrogens is 318 g/mol. The number of amides is 1. The first kappa shape index (κ1) is 15.6. The quantitative estimate of drug-likeness (QED) is 0.903. The van der Waals surface area contributed by atoms with Gasteiger partial charge in [0.05, 0.1) is 6.04 Å². The van der Waals surface area contributed by atoms with Crippen LogP contribution in [0.25, 0.3) is 0 Å². The number of carbonyl (C=O) groups excluding carboxylic acids is 1. The molecule has 0 saturated heterocycles. The van der Waals surface area contributed by atoms with Crippen LogP contribution in [0.2, 0.25) is 0 Å². The number of benzene rings is 2. The normalized spacial score (nSPS) is 20.2. The third kappa shape index (κ3) is 2.84. The number of carbonyl (C=O) groups is 1. The van der Waals surface area contributed by atoms with Gasteiger partial charge in [-0.25, -0.2) is 0 Å². The van der Waals surface area contributed by atoms with Crippen molar-refractivity contribution in [3.8, 4) is 11.5 Å². The van der Waals surface area contributed by atoms with Gasteiger partial charge in [0.15, 0.2) is 11.5 Å². The topological polar surface area (TPSA) is 72.3 Å². The molecule has 1 amide bonds. The molecule has 0 aromatic heterocycles. The molecule has 6 heteroatoms. The zero-order chi connectivity index (χ0) is 17.4. The van der Waals surface area contributed by atoms with Gasteiger partial charge in [-0.1, -0.05) is 19.1 Å².